The highest BCUT2D eigenvalue weighted by molar-refractivity contribution is 6.32. The highest BCUT2D eigenvalue weighted by Crippen LogP contribution is 2.30. The van der Waals surface area contributed by atoms with E-state index in [0.29, 0.717) is 31.1 Å². The van der Waals surface area contributed by atoms with Crippen molar-refractivity contribution in [1.29, 1.82) is 0 Å². The first-order valence-corrected chi connectivity index (χ1v) is 11.1. The van der Waals surface area contributed by atoms with Crippen LogP contribution in [0.25, 0.3) is 0 Å². The molecule has 1 amide bonds. The Labute approximate surface area is 195 Å². The van der Waals surface area contributed by atoms with E-state index in [-0.39, 0.29) is 35.6 Å². The van der Waals surface area contributed by atoms with Gasteiger partial charge in [0.2, 0.25) is 11.9 Å². The first-order chi connectivity index (χ1) is 15.6. The molecule has 0 bridgehead atoms. The molecule has 1 aromatic carbocycles. The average Bonchev–Trinajstić information content (AvgIpc) is 3.20. The molecule has 1 aromatic heterocycles. The summed E-state index contributed by atoms with van der Waals surface area (Å²) in [6.07, 6.45) is -2.45. The molecular formula is C22H27ClF3N5O2. The maximum atomic E-state index is 12.9. The van der Waals surface area contributed by atoms with Gasteiger partial charge in [-0.15, -0.1) is 0 Å². The molecule has 0 saturated carbocycles. The molecule has 1 aliphatic heterocycles. The zero-order chi connectivity index (χ0) is 24.2. The van der Waals surface area contributed by atoms with Crippen molar-refractivity contribution in [3.05, 3.63) is 41.0 Å². The summed E-state index contributed by atoms with van der Waals surface area (Å²) >= 11 is 6.27. The van der Waals surface area contributed by atoms with Gasteiger partial charge >= 0.3 is 6.18 Å². The van der Waals surface area contributed by atoms with Crippen LogP contribution in [0, 0.1) is 0 Å². The Bertz CT molecular complexity index is 958. The highest BCUT2D eigenvalue weighted by Gasteiger charge is 2.32. The van der Waals surface area contributed by atoms with Crippen molar-refractivity contribution in [2.24, 2.45) is 0 Å². The highest BCUT2D eigenvalue weighted by atomic mass is 35.5. The minimum atomic E-state index is -4.36. The summed E-state index contributed by atoms with van der Waals surface area (Å²) in [6.45, 7) is 5.07. The lowest BCUT2D eigenvalue weighted by atomic mass is 10.1. The fraction of sp³-hybridized carbons (Fsp3) is 0.500. The number of anilines is 2. The standard InChI is InChI=1S/C22H27ClF3N5O2/c1-4-30(13-22(24,25)26)21-27-11-19(23)20(29-21)31-10-9-18(12-31)33-17-7-5-16(6-8-17)14(2)28-15(3)32/h5-8,11,14,18H,4,9-10,12-13H2,1-3H3,(H,28,32)/t14-,18+/m0/s1. The van der Waals surface area contributed by atoms with Gasteiger partial charge in [0.25, 0.3) is 0 Å². The Kier molecular flexibility index (Phi) is 7.88. The van der Waals surface area contributed by atoms with Crippen LogP contribution in [-0.2, 0) is 4.79 Å². The number of aromatic nitrogens is 2. The van der Waals surface area contributed by atoms with E-state index in [1.807, 2.05) is 36.1 Å². The lowest BCUT2D eigenvalue weighted by molar-refractivity contribution is -0.120. The molecule has 7 nitrogen and oxygen atoms in total. The van der Waals surface area contributed by atoms with E-state index >= 15 is 0 Å². The Morgan fingerprint density at radius 1 is 1.36 bits per heavy atom. The predicted molar refractivity (Wildman–Crippen MR) is 121 cm³/mol. The Hall–Kier alpha value is -2.75. The van der Waals surface area contributed by atoms with E-state index in [0.717, 1.165) is 10.5 Å². The van der Waals surface area contributed by atoms with E-state index in [4.69, 9.17) is 16.3 Å². The molecule has 3 rings (SSSR count). The van der Waals surface area contributed by atoms with Crippen LogP contribution >= 0.6 is 11.6 Å². The van der Waals surface area contributed by atoms with Gasteiger partial charge in [-0.25, -0.2) is 4.98 Å². The zero-order valence-corrected chi connectivity index (χ0v) is 19.5. The molecule has 33 heavy (non-hydrogen) atoms. The lowest BCUT2D eigenvalue weighted by Crippen LogP contribution is -2.35. The fourth-order valence-electron chi connectivity index (χ4n) is 3.70. The molecule has 180 valence electrons. The molecule has 1 aliphatic rings. The van der Waals surface area contributed by atoms with Gasteiger partial charge in [0.15, 0.2) is 5.82 Å². The van der Waals surface area contributed by atoms with E-state index in [9.17, 15) is 18.0 Å². The molecule has 2 atom stereocenters. The topological polar surface area (TPSA) is 70.6 Å². The molecule has 2 aromatic rings. The summed E-state index contributed by atoms with van der Waals surface area (Å²) in [7, 11) is 0. The van der Waals surface area contributed by atoms with Gasteiger partial charge in [0.1, 0.15) is 23.4 Å². The molecule has 11 heteroatoms. The molecule has 2 heterocycles. The molecule has 1 fully saturated rings. The van der Waals surface area contributed by atoms with Crippen LogP contribution in [0.15, 0.2) is 30.5 Å². The quantitative estimate of drug-likeness (QED) is 0.598. The van der Waals surface area contributed by atoms with E-state index in [1.165, 1.54) is 13.1 Å². The number of nitrogens with one attached hydrogen (secondary N) is 1. The third-order valence-electron chi connectivity index (χ3n) is 5.29. The average molecular weight is 486 g/mol. The second-order valence-electron chi connectivity index (χ2n) is 7.94. The van der Waals surface area contributed by atoms with E-state index in [2.05, 4.69) is 15.3 Å². The maximum Gasteiger partial charge on any atom is 0.406 e. The van der Waals surface area contributed by atoms with E-state index < -0.39 is 12.7 Å². The maximum absolute atomic E-state index is 12.9. The SMILES string of the molecule is CCN(CC(F)(F)F)c1ncc(Cl)c(N2CC[C@@H](Oc3ccc([C@H](C)NC(C)=O)cc3)C2)n1. The number of alkyl halides is 3. The van der Waals surface area contributed by atoms with Crippen LogP contribution in [0.3, 0.4) is 0 Å². The molecule has 0 radical (unpaired) electrons. The summed E-state index contributed by atoms with van der Waals surface area (Å²) in [5.74, 6) is 0.980. The number of halogens is 4. The van der Waals surface area contributed by atoms with Gasteiger partial charge in [-0.3, -0.25) is 4.79 Å². The Morgan fingerprint density at radius 2 is 2.06 bits per heavy atom. The number of carbonyl (C=O) groups excluding carboxylic acids is 1. The molecular weight excluding hydrogens is 459 g/mol. The van der Waals surface area contributed by atoms with Crippen molar-refractivity contribution in [3.63, 3.8) is 0 Å². The molecule has 1 N–H and O–H groups in total. The van der Waals surface area contributed by atoms with Gasteiger partial charge in [0.05, 0.1) is 18.8 Å². The van der Waals surface area contributed by atoms with Crippen molar-refractivity contribution in [1.82, 2.24) is 15.3 Å². The summed E-state index contributed by atoms with van der Waals surface area (Å²) in [6, 6.07) is 7.39. The third kappa shape index (κ3) is 6.86. The van der Waals surface area contributed by atoms with Crippen LogP contribution in [-0.4, -0.2) is 54.3 Å². The largest absolute Gasteiger partial charge is 0.489 e. The zero-order valence-electron chi connectivity index (χ0n) is 18.7. The third-order valence-corrected chi connectivity index (χ3v) is 5.56. The summed E-state index contributed by atoms with van der Waals surface area (Å²) in [4.78, 5) is 22.5. The van der Waals surface area contributed by atoms with Crippen molar-refractivity contribution in [2.45, 2.75) is 45.5 Å². The molecule has 0 aliphatic carbocycles. The smallest absolute Gasteiger partial charge is 0.406 e. The van der Waals surface area contributed by atoms with Crippen molar-refractivity contribution < 1.29 is 22.7 Å². The number of ether oxygens (including phenoxy) is 1. The second-order valence-corrected chi connectivity index (χ2v) is 8.34. The van der Waals surface area contributed by atoms with Crippen LogP contribution < -0.4 is 19.9 Å². The number of carbonyl (C=O) groups is 1. The second kappa shape index (κ2) is 10.5. The minimum absolute atomic E-state index is 0.0116. The van der Waals surface area contributed by atoms with Gasteiger partial charge in [-0.2, -0.15) is 18.2 Å². The van der Waals surface area contributed by atoms with Gasteiger partial charge in [0, 0.05) is 26.4 Å². The van der Waals surface area contributed by atoms with Gasteiger partial charge in [-0.05, 0) is 31.5 Å². The molecule has 0 spiro atoms. The Morgan fingerprint density at radius 3 is 2.67 bits per heavy atom. The van der Waals surface area contributed by atoms with Gasteiger partial charge in [-0.1, -0.05) is 23.7 Å². The van der Waals surface area contributed by atoms with Crippen LogP contribution in [0.2, 0.25) is 5.02 Å². The first-order valence-electron chi connectivity index (χ1n) is 10.7. The van der Waals surface area contributed by atoms with Crippen molar-refractivity contribution >= 4 is 29.3 Å². The molecule has 0 unspecified atom stereocenters. The number of nitrogens with zero attached hydrogens (tertiary/aromatic N) is 4. The molecule has 1 saturated heterocycles. The van der Waals surface area contributed by atoms with E-state index in [1.54, 1.807) is 6.92 Å². The van der Waals surface area contributed by atoms with Crippen LogP contribution in [0.5, 0.6) is 5.75 Å². The van der Waals surface area contributed by atoms with Crippen molar-refractivity contribution in [3.8, 4) is 5.75 Å². The normalized spacial score (nSPS) is 17.1. The number of rotatable bonds is 8. The lowest BCUT2D eigenvalue weighted by Gasteiger charge is -2.25. The minimum Gasteiger partial charge on any atom is -0.489 e. The number of benzene rings is 1. The van der Waals surface area contributed by atoms with Crippen LogP contribution in [0.1, 0.15) is 38.8 Å². The van der Waals surface area contributed by atoms with Crippen molar-refractivity contribution in [2.75, 3.05) is 36.0 Å². The first kappa shape index (κ1) is 24.9. The Balaban J connectivity index is 1.65. The fourth-order valence-corrected chi connectivity index (χ4v) is 3.91. The van der Waals surface area contributed by atoms with Gasteiger partial charge < -0.3 is 19.9 Å². The predicted octanol–water partition coefficient (Wildman–Crippen LogP) is 4.37. The summed E-state index contributed by atoms with van der Waals surface area (Å²) in [5, 5.41) is 3.11. The number of hydrogen-bond donors (Lipinski definition) is 1. The number of amides is 1. The summed E-state index contributed by atoms with van der Waals surface area (Å²) in [5.41, 5.74) is 0.963. The summed E-state index contributed by atoms with van der Waals surface area (Å²) < 4.78 is 44.7. The van der Waals surface area contributed by atoms with Crippen LogP contribution in [0.4, 0.5) is 24.9 Å². The monoisotopic (exact) mass is 485 g/mol. The number of hydrogen-bond acceptors (Lipinski definition) is 6.